The summed E-state index contributed by atoms with van der Waals surface area (Å²) in [5.41, 5.74) is 1.02. The van der Waals surface area contributed by atoms with Gasteiger partial charge in [-0.05, 0) is 30.5 Å². The van der Waals surface area contributed by atoms with Gasteiger partial charge in [-0.2, -0.15) is 0 Å². The van der Waals surface area contributed by atoms with Gasteiger partial charge in [-0.1, -0.05) is 19.8 Å². The second-order valence-electron chi connectivity index (χ2n) is 3.46. The average molecular weight is 196 g/mol. The highest BCUT2D eigenvalue weighted by Crippen LogP contribution is 2.17. The topological polar surface area (TPSA) is 9.23 Å². The molecule has 0 amide bonds. The van der Waals surface area contributed by atoms with Crippen molar-refractivity contribution in [2.75, 3.05) is 7.11 Å². The van der Waals surface area contributed by atoms with Gasteiger partial charge < -0.3 is 4.74 Å². The maximum absolute atomic E-state index is 13.0. The quantitative estimate of drug-likeness (QED) is 0.654. The number of hydrogen-bond acceptors (Lipinski definition) is 1. The molecule has 0 N–H and O–H groups in total. The zero-order valence-electron chi connectivity index (χ0n) is 8.85. The van der Waals surface area contributed by atoms with Crippen molar-refractivity contribution in [3.8, 4) is 5.75 Å². The summed E-state index contributed by atoms with van der Waals surface area (Å²) in [6, 6.07) is 4.89. The lowest BCUT2D eigenvalue weighted by molar-refractivity contribution is 0.410. The first-order chi connectivity index (χ1) is 6.76. The smallest absolute Gasteiger partial charge is 0.127 e. The molecule has 0 aromatic heterocycles. The Balaban J connectivity index is 2.62. The maximum atomic E-state index is 13.0. The first-order valence-corrected chi connectivity index (χ1v) is 5.09. The fraction of sp³-hybridized carbons (Fsp3) is 0.500. The first kappa shape index (κ1) is 11.0. The average Bonchev–Trinajstić information content (AvgIpc) is 2.17. The van der Waals surface area contributed by atoms with Gasteiger partial charge in [0, 0.05) is 6.07 Å². The molecule has 0 aliphatic carbocycles. The number of aryl methyl sites for hydroxylation is 1. The number of methoxy groups -OCH3 is 1. The third-order valence-corrected chi connectivity index (χ3v) is 2.24. The number of halogens is 1. The SMILES string of the molecule is CCCCCc1cc(F)cc(OC)c1. The second-order valence-corrected chi connectivity index (χ2v) is 3.46. The first-order valence-electron chi connectivity index (χ1n) is 5.09. The minimum atomic E-state index is -0.212. The Bertz CT molecular complexity index is 284. The van der Waals surface area contributed by atoms with E-state index in [-0.39, 0.29) is 5.82 Å². The Hall–Kier alpha value is -1.05. The fourth-order valence-electron chi connectivity index (χ4n) is 1.46. The Morgan fingerprint density at radius 3 is 2.64 bits per heavy atom. The molecule has 0 unspecified atom stereocenters. The Morgan fingerprint density at radius 1 is 1.21 bits per heavy atom. The van der Waals surface area contributed by atoms with Gasteiger partial charge in [0.05, 0.1) is 7.11 Å². The molecular weight excluding hydrogens is 179 g/mol. The minimum absolute atomic E-state index is 0.212. The van der Waals surface area contributed by atoms with Crippen LogP contribution in [0.15, 0.2) is 18.2 Å². The third kappa shape index (κ3) is 3.36. The highest BCUT2D eigenvalue weighted by atomic mass is 19.1. The van der Waals surface area contributed by atoms with E-state index in [1.807, 2.05) is 6.07 Å². The lowest BCUT2D eigenvalue weighted by atomic mass is 10.1. The number of rotatable bonds is 5. The van der Waals surface area contributed by atoms with Crippen LogP contribution in [0, 0.1) is 5.82 Å². The van der Waals surface area contributed by atoms with Crippen molar-refractivity contribution in [2.24, 2.45) is 0 Å². The van der Waals surface area contributed by atoms with E-state index in [1.54, 1.807) is 13.2 Å². The van der Waals surface area contributed by atoms with Crippen molar-refractivity contribution >= 4 is 0 Å². The van der Waals surface area contributed by atoms with E-state index >= 15 is 0 Å². The molecule has 0 saturated heterocycles. The fourth-order valence-corrected chi connectivity index (χ4v) is 1.46. The zero-order chi connectivity index (χ0) is 10.4. The van der Waals surface area contributed by atoms with Crippen LogP contribution in [0.5, 0.6) is 5.75 Å². The van der Waals surface area contributed by atoms with E-state index in [0.29, 0.717) is 5.75 Å². The van der Waals surface area contributed by atoms with Gasteiger partial charge in [-0.15, -0.1) is 0 Å². The number of ether oxygens (including phenoxy) is 1. The number of benzene rings is 1. The molecule has 1 rings (SSSR count). The molecule has 0 heterocycles. The molecule has 1 nitrogen and oxygen atoms in total. The van der Waals surface area contributed by atoms with Crippen LogP contribution in [0.25, 0.3) is 0 Å². The van der Waals surface area contributed by atoms with Crippen molar-refractivity contribution in [1.82, 2.24) is 0 Å². The third-order valence-electron chi connectivity index (χ3n) is 2.24. The monoisotopic (exact) mass is 196 g/mol. The Kier molecular flexibility index (Phi) is 4.44. The summed E-state index contributed by atoms with van der Waals surface area (Å²) >= 11 is 0. The van der Waals surface area contributed by atoms with Crippen molar-refractivity contribution in [2.45, 2.75) is 32.6 Å². The van der Waals surface area contributed by atoms with Crippen LogP contribution in [0.3, 0.4) is 0 Å². The van der Waals surface area contributed by atoms with Crippen molar-refractivity contribution < 1.29 is 9.13 Å². The predicted octanol–water partition coefficient (Wildman–Crippen LogP) is 3.57. The van der Waals surface area contributed by atoms with Crippen molar-refractivity contribution in [3.63, 3.8) is 0 Å². The molecule has 14 heavy (non-hydrogen) atoms. The highest BCUT2D eigenvalue weighted by molar-refractivity contribution is 5.29. The van der Waals surface area contributed by atoms with E-state index < -0.39 is 0 Å². The van der Waals surface area contributed by atoms with Crippen LogP contribution >= 0.6 is 0 Å². The van der Waals surface area contributed by atoms with Crippen molar-refractivity contribution in [1.29, 1.82) is 0 Å². The molecule has 0 aliphatic heterocycles. The van der Waals surface area contributed by atoms with Crippen LogP contribution in [0.2, 0.25) is 0 Å². The van der Waals surface area contributed by atoms with Gasteiger partial charge in [0.25, 0.3) is 0 Å². The molecule has 0 fully saturated rings. The summed E-state index contributed by atoms with van der Waals surface area (Å²) in [6.45, 7) is 2.16. The van der Waals surface area contributed by atoms with Gasteiger partial charge in [-0.25, -0.2) is 4.39 Å². The summed E-state index contributed by atoms with van der Waals surface area (Å²) in [4.78, 5) is 0. The standard InChI is InChI=1S/C12H17FO/c1-3-4-5-6-10-7-11(13)9-12(8-10)14-2/h7-9H,3-6H2,1-2H3. The van der Waals surface area contributed by atoms with Gasteiger partial charge in [0.15, 0.2) is 0 Å². The van der Waals surface area contributed by atoms with Gasteiger partial charge in [0.1, 0.15) is 11.6 Å². The molecule has 0 spiro atoms. The Morgan fingerprint density at radius 2 is 2.00 bits per heavy atom. The summed E-state index contributed by atoms with van der Waals surface area (Å²) < 4.78 is 18.0. The Labute approximate surface area is 84.9 Å². The minimum Gasteiger partial charge on any atom is -0.497 e. The molecule has 0 saturated carbocycles. The summed E-state index contributed by atoms with van der Waals surface area (Å²) in [7, 11) is 1.56. The lowest BCUT2D eigenvalue weighted by Gasteiger charge is -2.04. The lowest BCUT2D eigenvalue weighted by Crippen LogP contribution is -1.90. The van der Waals surface area contributed by atoms with Crippen molar-refractivity contribution in [3.05, 3.63) is 29.6 Å². The van der Waals surface area contributed by atoms with E-state index in [0.717, 1.165) is 18.4 Å². The summed E-state index contributed by atoms with van der Waals surface area (Å²) in [6.07, 6.45) is 4.43. The molecule has 78 valence electrons. The van der Waals surface area contributed by atoms with E-state index in [2.05, 4.69) is 6.92 Å². The largest absolute Gasteiger partial charge is 0.497 e. The molecule has 1 aromatic rings. The molecule has 0 radical (unpaired) electrons. The number of hydrogen-bond donors (Lipinski definition) is 0. The van der Waals surface area contributed by atoms with E-state index in [9.17, 15) is 4.39 Å². The highest BCUT2D eigenvalue weighted by Gasteiger charge is 2.00. The molecular formula is C12H17FO. The summed E-state index contributed by atoms with van der Waals surface area (Å²) in [5.74, 6) is 0.396. The normalized spacial score (nSPS) is 10.2. The number of unbranched alkanes of at least 4 members (excludes halogenated alkanes) is 2. The van der Waals surface area contributed by atoms with Crippen LogP contribution in [0.4, 0.5) is 4.39 Å². The molecule has 0 atom stereocenters. The summed E-state index contributed by atoms with van der Waals surface area (Å²) in [5, 5.41) is 0. The van der Waals surface area contributed by atoms with Crippen LogP contribution in [-0.2, 0) is 6.42 Å². The maximum Gasteiger partial charge on any atom is 0.127 e. The van der Waals surface area contributed by atoms with E-state index in [1.165, 1.54) is 18.9 Å². The predicted molar refractivity (Wildman–Crippen MR) is 56.2 cm³/mol. The molecule has 0 bridgehead atoms. The van der Waals surface area contributed by atoms with E-state index in [4.69, 9.17) is 4.74 Å². The van der Waals surface area contributed by atoms with Gasteiger partial charge in [0.2, 0.25) is 0 Å². The van der Waals surface area contributed by atoms with Crippen LogP contribution in [0.1, 0.15) is 31.7 Å². The molecule has 2 heteroatoms. The molecule has 1 aromatic carbocycles. The molecule has 0 aliphatic rings. The van der Waals surface area contributed by atoms with Crippen LogP contribution in [-0.4, -0.2) is 7.11 Å². The van der Waals surface area contributed by atoms with Gasteiger partial charge >= 0.3 is 0 Å². The zero-order valence-corrected chi connectivity index (χ0v) is 8.85. The van der Waals surface area contributed by atoms with Gasteiger partial charge in [-0.3, -0.25) is 0 Å². The van der Waals surface area contributed by atoms with Crippen LogP contribution < -0.4 is 4.74 Å². The second kappa shape index (κ2) is 5.63.